The van der Waals surface area contributed by atoms with Crippen molar-refractivity contribution in [3.05, 3.63) is 29.3 Å². The number of carboxylic acid groups (broad SMARTS) is 1. The lowest BCUT2D eigenvalue weighted by molar-refractivity contribution is -0.139. The van der Waals surface area contributed by atoms with Crippen molar-refractivity contribution in [1.82, 2.24) is 0 Å². The Kier molecular flexibility index (Phi) is 4.18. The zero-order valence-corrected chi connectivity index (χ0v) is 9.49. The van der Waals surface area contributed by atoms with Gasteiger partial charge in [0.2, 0.25) is 0 Å². The van der Waals surface area contributed by atoms with E-state index in [1.165, 1.54) is 0 Å². The number of aliphatic carboxylic acids is 1. The van der Waals surface area contributed by atoms with Crippen molar-refractivity contribution in [3.63, 3.8) is 0 Å². The second-order valence-electron chi connectivity index (χ2n) is 3.58. The highest BCUT2D eigenvalue weighted by atomic mass is 19.4. The summed E-state index contributed by atoms with van der Waals surface area (Å²) >= 11 is 0. The Bertz CT molecular complexity index is 446. The molecule has 0 aliphatic rings. The van der Waals surface area contributed by atoms with Gasteiger partial charge in [0.15, 0.2) is 0 Å². The summed E-state index contributed by atoms with van der Waals surface area (Å²) in [5.41, 5.74) is 4.50. The van der Waals surface area contributed by atoms with Crippen molar-refractivity contribution in [2.75, 3.05) is 13.7 Å². The smallest absolute Gasteiger partial charge is 0.419 e. The van der Waals surface area contributed by atoms with Gasteiger partial charge in [0.25, 0.3) is 0 Å². The summed E-state index contributed by atoms with van der Waals surface area (Å²) in [6, 6.07) is 2.94. The molecule has 1 unspecified atom stereocenters. The Morgan fingerprint density at radius 2 is 2.11 bits per heavy atom. The second-order valence-corrected chi connectivity index (χ2v) is 3.58. The fourth-order valence-electron chi connectivity index (χ4n) is 1.54. The lowest BCUT2D eigenvalue weighted by Gasteiger charge is -2.15. The maximum Gasteiger partial charge on any atom is 0.419 e. The van der Waals surface area contributed by atoms with Crippen molar-refractivity contribution in [2.24, 2.45) is 5.73 Å². The average Bonchev–Trinajstić information content (AvgIpc) is 2.27. The molecule has 0 aromatic heterocycles. The number of rotatable bonds is 4. The molecule has 0 amide bonds. The van der Waals surface area contributed by atoms with Crippen molar-refractivity contribution < 1.29 is 27.8 Å². The summed E-state index contributed by atoms with van der Waals surface area (Å²) in [6.45, 7) is -0.205. The van der Waals surface area contributed by atoms with Gasteiger partial charge in [0, 0.05) is 6.54 Å². The largest absolute Gasteiger partial charge is 0.496 e. The van der Waals surface area contributed by atoms with Crippen LogP contribution in [0.25, 0.3) is 0 Å². The first-order valence-corrected chi connectivity index (χ1v) is 4.99. The van der Waals surface area contributed by atoms with Gasteiger partial charge in [0.1, 0.15) is 5.75 Å². The van der Waals surface area contributed by atoms with Gasteiger partial charge in [0.05, 0.1) is 18.6 Å². The van der Waals surface area contributed by atoms with Gasteiger partial charge >= 0.3 is 12.1 Å². The monoisotopic (exact) mass is 263 g/mol. The number of methoxy groups -OCH3 is 1. The van der Waals surface area contributed by atoms with Crippen LogP contribution in [-0.4, -0.2) is 24.7 Å². The van der Waals surface area contributed by atoms with E-state index in [9.17, 15) is 18.0 Å². The third kappa shape index (κ3) is 2.92. The van der Waals surface area contributed by atoms with Gasteiger partial charge in [-0.3, -0.25) is 4.79 Å². The van der Waals surface area contributed by atoms with Crippen molar-refractivity contribution in [2.45, 2.75) is 12.1 Å². The number of carbonyl (C=O) groups is 1. The van der Waals surface area contributed by atoms with Crippen LogP contribution in [0.4, 0.5) is 13.2 Å². The van der Waals surface area contributed by atoms with E-state index < -0.39 is 29.4 Å². The first-order chi connectivity index (χ1) is 8.31. The van der Waals surface area contributed by atoms with Crippen molar-refractivity contribution in [1.29, 1.82) is 0 Å². The Hall–Kier alpha value is -1.76. The average molecular weight is 263 g/mol. The van der Waals surface area contributed by atoms with Crippen LogP contribution in [0.3, 0.4) is 0 Å². The summed E-state index contributed by atoms with van der Waals surface area (Å²) in [4.78, 5) is 10.9. The van der Waals surface area contributed by atoms with Crippen LogP contribution >= 0.6 is 0 Å². The quantitative estimate of drug-likeness (QED) is 0.869. The predicted molar refractivity (Wildman–Crippen MR) is 57.4 cm³/mol. The number of benzene rings is 1. The highest BCUT2D eigenvalue weighted by molar-refractivity contribution is 5.76. The fourth-order valence-corrected chi connectivity index (χ4v) is 1.54. The van der Waals surface area contributed by atoms with E-state index in [2.05, 4.69) is 4.74 Å². The minimum atomic E-state index is -4.55. The zero-order chi connectivity index (χ0) is 13.9. The molecule has 1 rings (SSSR count). The number of alkyl halides is 3. The lowest BCUT2D eigenvalue weighted by atomic mass is 9.97. The summed E-state index contributed by atoms with van der Waals surface area (Å²) in [6.07, 6.45) is -4.55. The van der Waals surface area contributed by atoms with Crippen LogP contribution in [0.1, 0.15) is 17.0 Å². The maximum absolute atomic E-state index is 12.6. The molecule has 3 N–H and O–H groups in total. The van der Waals surface area contributed by atoms with Crippen LogP contribution in [0.5, 0.6) is 5.75 Å². The summed E-state index contributed by atoms with van der Waals surface area (Å²) in [5, 5.41) is 8.88. The first-order valence-electron chi connectivity index (χ1n) is 4.99. The highest BCUT2D eigenvalue weighted by Crippen LogP contribution is 2.37. The predicted octanol–water partition coefficient (Wildman–Crippen LogP) is 1.84. The van der Waals surface area contributed by atoms with E-state index in [0.717, 1.165) is 25.3 Å². The number of halogens is 3. The van der Waals surface area contributed by atoms with E-state index in [1.807, 2.05) is 0 Å². The molecule has 0 heterocycles. The van der Waals surface area contributed by atoms with E-state index in [4.69, 9.17) is 10.8 Å². The number of ether oxygens (including phenoxy) is 1. The third-order valence-corrected chi connectivity index (χ3v) is 2.47. The molecule has 0 aliphatic carbocycles. The number of carboxylic acids is 1. The molecule has 7 heteroatoms. The molecule has 18 heavy (non-hydrogen) atoms. The van der Waals surface area contributed by atoms with Crippen LogP contribution < -0.4 is 10.5 Å². The van der Waals surface area contributed by atoms with Gasteiger partial charge in [-0.05, 0) is 17.7 Å². The lowest BCUT2D eigenvalue weighted by Crippen LogP contribution is -2.21. The molecule has 1 atom stereocenters. The van der Waals surface area contributed by atoms with Crippen LogP contribution in [0, 0.1) is 0 Å². The topological polar surface area (TPSA) is 72.5 Å². The molecule has 1 aromatic rings. The highest BCUT2D eigenvalue weighted by Gasteiger charge is 2.34. The first kappa shape index (κ1) is 14.3. The zero-order valence-electron chi connectivity index (χ0n) is 9.49. The van der Waals surface area contributed by atoms with Crippen LogP contribution in [0.2, 0.25) is 0 Å². The van der Waals surface area contributed by atoms with Gasteiger partial charge in [-0.1, -0.05) is 6.07 Å². The molecule has 0 spiro atoms. The number of hydrogen-bond acceptors (Lipinski definition) is 3. The normalized spacial score (nSPS) is 13.2. The van der Waals surface area contributed by atoms with Crippen molar-refractivity contribution in [3.8, 4) is 5.75 Å². The Balaban J connectivity index is 3.25. The summed E-state index contributed by atoms with van der Waals surface area (Å²) in [7, 11) is 1.09. The van der Waals surface area contributed by atoms with Gasteiger partial charge < -0.3 is 15.6 Å². The minimum absolute atomic E-state index is 0.176. The van der Waals surface area contributed by atoms with E-state index >= 15 is 0 Å². The number of hydrogen-bond donors (Lipinski definition) is 2. The minimum Gasteiger partial charge on any atom is -0.496 e. The fraction of sp³-hybridized carbons (Fsp3) is 0.364. The van der Waals surface area contributed by atoms with Crippen LogP contribution in [-0.2, 0) is 11.0 Å². The van der Waals surface area contributed by atoms with Gasteiger partial charge in [-0.25, -0.2) is 0 Å². The van der Waals surface area contributed by atoms with E-state index in [-0.39, 0.29) is 12.1 Å². The summed E-state index contributed by atoms with van der Waals surface area (Å²) < 4.78 is 42.4. The SMILES string of the molecule is COc1cc(C(CN)C(=O)O)ccc1C(F)(F)F. The molecule has 4 nitrogen and oxygen atoms in total. The van der Waals surface area contributed by atoms with E-state index in [0.29, 0.717) is 0 Å². The third-order valence-electron chi connectivity index (χ3n) is 2.47. The molecular weight excluding hydrogens is 251 g/mol. The Morgan fingerprint density at radius 3 is 2.50 bits per heavy atom. The molecule has 100 valence electrons. The number of nitrogens with two attached hydrogens (primary N) is 1. The molecule has 1 aromatic carbocycles. The molecular formula is C11H12F3NO3. The molecule has 0 saturated carbocycles. The Labute approximate surface area is 101 Å². The second kappa shape index (κ2) is 5.26. The molecule has 0 bridgehead atoms. The van der Waals surface area contributed by atoms with Gasteiger partial charge in [-0.15, -0.1) is 0 Å². The molecule has 0 aliphatic heterocycles. The molecule has 0 saturated heterocycles. The molecule has 0 fully saturated rings. The summed E-state index contributed by atoms with van der Waals surface area (Å²) in [5.74, 6) is -2.67. The van der Waals surface area contributed by atoms with Gasteiger partial charge in [-0.2, -0.15) is 13.2 Å². The van der Waals surface area contributed by atoms with E-state index in [1.54, 1.807) is 0 Å². The Morgan fingerprint density at radius 1 is 1.50 bits per heavy atom. The molecule has 0 radical (unpaired) electrons. The maximum atomic E-state index is 12.6. The van der Waals surface area contributed by atoms with Crippen LogP contribution in [0.15, 0.2) is 18.2 Å². The standard InChI is InChI=1S/C11H12F3NO3/c1-18-9-4-6(7(5-15)10(16)17)2-3-8(9)11(12,13)14/h2-4,7H,5,15H2,1H3,(H,16,17). The van der Waals surface area contributed by atoms with Crippen molar-refractivity contribution >= 4 is 5.97 Å².